The summed E-state index contributed by atoms with van der Waals surface area (Å²) in [5.74, 6) is 0.347. The van der Waals surface area contributed by atoms with Crippen molar-refractivity contribution in [2.75, 3.05) is 0 Å². The highest BCUT2D eigenvalue weighted by Crippen LogP contribution is 2.29. The zero-order chi connectivity index (χ0) is 19.5. The van der Waals surface area contributed by atoms with Crippen molar-refractivity contribution in [2.45, 2.75) is 52.0 Å². The summed E-state index contributed by atoms with van der Waals surface area (Å²) >= 11 is 0. The summed E-state index contributed by atoms with van der Waals surface area (Å²) in [5.41, 5.74) is 2.48. The molecular formula is C22H25FN4O. The first kappa shape index (κ1) is 18.6. The lowest BCUT2D eigenvalue weighted by Crippen LogP contribution is -2.19. The van der Waals surface area contributed by atoms with Gasteiger partial charge in [-0.1, -0.05) is 32.6 Å². The minimum atomic E-state index is -0.288. The molecule has 3 heterocycles. The Labute approximate surface area is 163 Å². The standard InChI is InChI=1S/C22H25FN4O/c1-2-10-26-15-18(7-8-22(26)28)27-11-9-21(25-27)19-14-24-17(13-20(19)23)12-16-5-3-4-6-16/h7-9,11,13-16H,2-6,10,12H2,1H3. The van der Waals surface area contributed by atoms with Gasteiger partial charge in [0.25, 0.3) is 5.56 Å². The summed E-state index contributed by atoms with van der Waals surface area (Å²) in [5, 5.41) is 4.50. The molecule has 0 N–H and O–H groups in total. The molecule has 0 amide bonds. The number of aromatic nitrogens is 4. The molecule has 0 bridgehead atoms. The number of aryl methyl sites for hydroxylation is 1. The lowest BCUT2D eigenvalue weighted by molar-refractivity contribution is 0.534. The van der Waals surface area contributed by atoms with Gasteiger partial charge in [0.1, 0.15) is 5.82 Å². The van der Waals surface area contributed by atoms with Crippen molar-refractivity contribution in [3.8, 4) is 16.9 Å². The van der Waals surface area contributed by atoms with Gasteiger partial charge in [0.05, 0.1) is 16.9 Å². The predicted molar refractivity (Wildman–Crippen MR) is 107 cm³/mol. The third kappa shape index (κ3) is 3.91. The van der Waals surface area contributed by atoms with Crippen LogP contribution in [0.2, 0.25) is 0 Å². The largest absolute Gasteiger partial charge is 0.313 e. The van der Waals surface area contributed by atoms with Crippen molar-refractivity contribution in [1.82, 2.24) is 19.3 Å². The lowest BCUT2D eigenvalue weighted by atomic mass is 10.0. The van der Waals surface area contributed by atoms with Gasteiger partial charge in [-0.2, -0.15) is 5.10 Å². The number of hydrogen-bond donors (Lipinski definition) is 0. The Morgan fingerprint density at radius 1 is 1.21 bits per heavy atom. The summed E-state index contributed by atoms with van der Waals surface area (Å²) in [4.78, 5) is 16.4. The Morgan fingerprint density at radius 2 is 2.04 bits per heavy atom. The van der Waals surface area contributed by atoms with E-state index >= 15 is 0 Å². The van der Waals surface area contributed by atoms with Gasteiger partial charge in [-0.3, -0.25) is 9.78 Å². The second-order valence-electron chi connectivity index (χ2n) is 7.57. The fourth-order valence-electron chi connectivity index (χ4n) is 3.96. The van der Waals surface area contributed by atoms with Gasteiger partial charge in [-0.05, 0) is 37.0 Å². The van der Waals surface area contributed by atoms with Gasteiger partial charge in [0, 0.05) is 36.9 Å². The Balaban J connectivity index is 1.57. The smallest absolute Gasteiger partial charge is 0.250 e. The highest BCUT2D eigenvalue weighted by atomic mass is 19.1. The Hall–Kier alpha value is -2.76. The average molecular weight is 380 g/mol. The van der Waals surface area contributed by atoms with Crippen molar-refractivity contribution in [3.63, 3.8) is 0 Å². The first-order valence-corrected chi connectivity index (χ1v) is 10.1. The van der Waals surface area contributed by atoms with E-state index in [2.05, 4.69) is 10.1 Å². The fraction of sp³-hybridized carbons (Fsp3) is 0.409. The van der Waals surface area contributed by atoms with Crippen molar-refractivity contribution < 1.29 is 4.39 Å². The van der Waals surface area contributed by atoms with Gasteiger partial charge in [-0.25, -0.2) is 9.07 Å². The molecule has 0 spiro atoms. The second kappa shape index (κ2) is 8.09. The normalized spacial score (nSPS) is 14.6. The zero-order valence-corrected chi connectivity index (χ0v) is 16.1. The summed E-state index contributed by atoms with van der Waals surface area (Å²) in [6.07, 6.45) is 11.8. The average Bonchev–Trinajstić information content (AvgIpc) is 3.36. The van der Waals surface area contributed by atoms with E-state index in [1.807, 2.05) is 6.92 Å². The van der Waals surface area contributed by atoms with Crippen molar-refractivity contribution in [2.24, 2.45) is 5.92 Å². The zero-order valence-electron chi connectivity index (χ0n) is 16.1. The van der Waals surface area contributed by atoms with Crippen molar-refractivity contribution >= 4 is 0 Å². The summed E-state index contributed by atoms with van der Waals surface area (Å²) in [7, 11) is 0. The first-order valence-electron chi connectivity index (χ1n) is 10.1. The SMILES string of the molecule is CCCn1cc(-n2ccc(-c3cnc(CC4CCCC4)cc3F)n2)ccc1=O. The van der Waals surface area contributed by atoms with Crippen LogP contribution < -0.4 is 5.56 Å². The van der Waals surface area contributed by atoms with Crippen LogP contribution >= 0.6 is 0 Å². The summed E-state index contributed by atoms with van der Waals surface area (Å²) in [6, 6.07) is 6.58. The third-order valence-electron chi connectivity index (χ3n) is 5.44. The summed E-state index contributed by atoms with van der Waals surface area (Å²) < 4.78 is 18.0. The lowest BCUT2D eigenvalue weighted by Gasteiger charge is -2.09. The first-order chi connectivity index (χ1) is 13.6. The highest BCUT2D eigenvalue weighted by Gasteiger charge is 2.18. The Bertz CT molecular complexity index is 1020. The van der Waals surface area contributed by atoms with E-state index in [4.69, 9.17) is 0 Å². The van der Waals surface area contributed by atoms with Gasteiger partial charge in [0.15, 0.2) is 0 Å². The minimum Gasteiger partial charge on any atom is -0.313 e. The molecular weight excluding hydrogens is 355 g/mol. The highest BCUT2D eigenvalue weighted by molar-refractivity contribution is 5.58. The van der Waals surface area contributed by atoms with Crippen molar-refractivity contribution in [1.29, 1.82) is 0 Å². The maximum atomic E-state index is 14.7. The van der Waals surface area contributed by atoms with Crippen LogP contribution in [0.4, 0.5) is 4.39 Å². The molecule has 0 atom stereocenters. The molecule has 3 aromatic heterocycles. The van der Waals surface area contributed by atoms with Crippen molar-refractivity contribution in [3.05, 3.63) is 64.7 Å². The van der Waals surface area contributed by atoms with Gasteiger partial charge < -0.3 is 4.57 Å². The van der Waals surface area contributed by atoms with Gasteiger partial charge in [0.2, 0.25) is 0 Å². The molecule has 6 heteroatoms. The van der Waals surface area contributed by atoms with E-state index < -0.39 is 0 Å². The van der Waals surface area contributed by atoms with E-state index in [9.17, 15) is 9.18 Å². The van der Waals surface area contributed by atoms with Crippen LogP contribution in [0.25, 0.3) is 16.9 Å². The van der Waals surface area contributed by atoms with E-state index in [0.717, 1.165) is 24.2 Å². The molecule has 28 heavy (non-hydrogen) atoms. The Kier molecular flexibility index (Phi) is 5.37. The number of rotatable bonds is 6. The van der Waals surface area contributed by atoms with Crippen LogP contribution in [0.3, 0.4) is 0 Å². The van der Waals surface area contributed by atoms with E-state index in [-0.39, 0.29) is 11.4 Å². The maximum absolute atomic E-state index is 14.7. The molecule has 3 aromatic rings. The topological polar surface area (TPSA) is 52.7 Å². The molecule has 1 saturated carbocycles. The molecule has 5 nitrogen and oxygen atoms in total. The van der Waals surface area contributed by atoms with E-state index in [1.54, 1.807) is 46.0 Å². The Morgan fingerprint density at radius 3 is 2.79 bits per heavy atom. The number of halogens is 1. The number of nitrogens with zero attached hydrogens (tertiary/aromatic N) is 4. The molecule has 1 aliphatic rings. The van der Waals surface area contributed by atoms with Gasteiger partial charge >= 0.3 is 0 Å². The van der Waals surface area contributed by atoms with Crippen LogP contribution in [0, 0.1) is 11.7 Å². The summed E-state index contributed by atoms with van der Waals surface area (Å²) in [6.45, 7) is 2.68. The molecule has 1 aliphatic carbocycles. The molecule has 1 fully saturated rings. The third-order valence-corrected chi connectivity index (χ3v) is 5.44. The molecule has 146 valence electrons. The fourth-order valence-corrected chi connectivity index (χ4v) is 3.96. The minimum absolute atomic E-state index is 0.0360. The quantitative estimate of drug-likeness (QED) is 0.638. The van der Waals surface area contributed by atoms with Crippen LogP contribution in [0.5, 0.6) is 0 Å². The molecule has 0 unspecified atom stereocenters. The second-order valence-corrected chi connectivity index (χ2v) is 7.57. The maximum Gasteiger partial charge on any atom is 0.250 e. The number of hydrogen-bond acceptors (Lipinski definition) is 3. The molecule has 0 aromatic carbocycles. The van der Waals surface area contributed by atoms with Gasteiger partial charge in [-0.15, -0.1) is 0 Å². The number of pyridine rings is 2. The molecule has 0 radical (unpaired) electrons. The van der Waals surface area contributed by atoms with Crippen LogP contribution in [-0.4, -0.2) is 19.3 Å². The van der Waals surface area contributed by atoms with E-state index in [0.29, 0.717) is 23.7 Å². The predicted octanol–water partition coefficient (Wildman–Crippen LogP) is 4.38. The van der Waals surface area contributed by atoms with Crippen LogP contribution in [0.1, 0.15) is 44.7 Å². The van der Waals surface area contributed by atoms with Crippen LogP contribution in [-0.2, 0) is 13.0 Å². The van der Waals surface area contributed by atoms with Crippen LogP contribution in [0.15, 0.2) is 47.7 Å². The molecule has 0 saturated heterocycles. The molecule has 4 rings (SSSR count). The monoisotopic (exact) mass is 380 g/mol. The van der Waals surface area contributed by atoms with E-state index in [1.165, 1.54) is 31.7 Å². The molecule has 0 aliphatic heterocycles.